The molecule has 0 saturated carbocycles. The van der Waals surface area contributed by atoms with Crippen molar-refractivity contribution in [2.45, 2.75) is 19.4 Å². The molecule has 0 aliphatic carbocycles. The maximum Gasteiger partial charge on any atom is 0.0594 e. The monoisotopic (exact) mass is 258 g/mol. The van der Waals surface area contributed by atoms with Crippen LogP contribution in [0.15, 0.2) is 30.3 Å². The van der Waals surface area contributed by atoms with Gasteiger partial charge in [-0.3, -0.25) is 4.90 Å². The molecule has 1 N–H and O–H groups in total. The Labute approximate surface area is 115 Å². The van der Waals surface area contributed by atoms with Crippen LogP contribution in [0.4, 0.5) is 5.69 Å². The molecule has 0 radical (unpaired) electrons. The minimum atomic E-state index is 0.0238. The van der Waals surface area contributed by atoms with Crippen LogP contribution in [-0.2, 0) is 4.74 Å². The number of ether oxygens (including phenoxy) is 1. The van der Waals surface area contributed by atoms with Gasteiger partial charge < -0.3 is 10.1 Å². The Morgan fingerprint density at radius 3 is 2.74 bits per heavy atom. The molecule has 2 aliphatic heterocycles. The third-order valence-corrected chi connectivity index (χ3v) is 3.76. The lowest BCUT2D eigenvalue weighted by molar-refractivity contribution is 0.0443. The van der Waals surface area contributed by atoms with Crippen LogP contribution >= 0.6 is 0 Å². The molecule has 0 bridgehead atoms. The largest absolute Gasteiger partial charge is 0.379 e. The highest BCUT2D eigenvalue weighted by Gasteiger charge is 2.25. The molecule has 3 nitrogen and oxygen atoms in total. The van der Waals surface area contributed by atoms with Crippen molar-refractivity contribution in [3.63, 3.8) is 0 Å². The molecule has 1 aromatic rings. The lowest BCUT2D eigenvalue weighted by Gasteiger charge is -2.35. The Balaban J connectivity index is 1.86. The molecule has 0 spiro atoms. The first-order valence-electron chi connectivity index (χ1n) is 7.03. The zero-order valence-corrected chi connectivity index (χ0v) is 11.8. The number of benzene rings is 1. The van der Waals surface area contributed by atoms with Crippen LogP contribution < -0.4 is 5.32 Å². The highest BCUT2D eigenvalue weighted by Crippen LogP contribution is 2.33. The van der Waals surface area contributed by atoms with Gasteiger partial charge in [-0.15, -0.1) is 0 Å². The van der Waals surface area contributed by atoms with E-state index in [1.54, 1.807) is 0 Å². The maximum atomic E-state index is 5.43. The SMILES string of the molecule is CC1(C)C=C(CN2CCOCC2)c2ccccc2N1. The molecule has 1 aromatic carbocycles. The van der Waals surface area contributed by atoms with Crippen molar-refractivity contribution in [2.75, 3.05) is 38.2 Å². The molecule has 2 aliphatic rings. The second-order valence-corrected chi connectivity index (χ2v) is 5.95. The highest BCUT2D eigenvalue weighted by molar-refractivity contribution is 5.81. The summed E-state index contributed by atoms with van der Waals surface area (Å²) in [7, 11) is 0. The van der Waals surface area contributed by atoms with E-state index in [-0.39, 0.29) is 5.54 Å². The summed E-state index contributed by atoms with van der Waals surface area (Å²) in [4.78, 5) is 2.48. The Morgan fingerprint density at radius 2 is 1.95 bits per heavy atom. The zero-order valence-electron chi connectivity index (χ0n) is 11.8. The Morgan fingerprint density at radius 1 is 1.21 bits per heavy atom. The number of nitrogens with one attached hydrogen (secondary N) is 1. The molecular weight excluding hydrogens is 236 g/mol. The summed E-state index contributed by atoms with van der Waals surface area (Å²) in [6.45, 7) is 9.25. The number of para-hydroxylation sites is 1. The molecule has 19 heavy (non-hydrogen) atoms. The van der Waals surface area contributed by atoms with Crippen molar-refractivity contribution in [1.82, 2.24) is 4.90 Å². The third-order valence-electron chi connectivity index (χ3n) is 3.76. The minimum absolute atomic E-state index is 0.0238. The van der Waals surface area contributed by atoms with Crippen LogP contribution in [0.5, 0.6) is 0 Å². The fraction of sp³-hybridized carbons (Fsp3) is 0.500. The van der Waals surface area contributed by atoms with Gasteiger partial charge in [0.05, 0.1) is 18.8 Å². The van der Waals surface area contributed by atoms with E-state index in [1.165, 1.54) is 16.8 Å². The standard InChI is InChI=1S/C16H22N2O/c1-16(2)11-13(12-18-7-9-19-10-8-18)14-5-3-4-6-15(14)17-16/h3-6,11,17H,7-10,12H2,1-2H3. The quantitative estimate of drug-likeness (QED) is 0.882. The molecule has 0 atom stereocenters. The first-order valence-corrected chi connectivity index (χ1v) is 7.03. The van der Waals surface area contributed by atoms with Crippen molar-refractivity contribution < 1.29 is 4.74 Å². The summed E-state index contributed by atoms with van der Waals surface area (Å²) < 4.78 is 5.43. The molecule has 3 rings (SSSR count). The fourth-order valence-corrected chi connectivity index (χ4v) is 2.90. The van der Waals surface area contributed by atoms with Gasteiger partial charge in [-0.2, -0.15) is 0 Å². The van der Waals surface area contributed by atoms with Crippen LogP contribution in [0.2, 0.25) is 0 Å². The summed E-state index contributed by atoms with van der Waals surface area (Å²) in [5.41, 5.74) is 4.04. The second-order valence-electron chi connectivity index (χ2n) is 5.95. The Kier molecular flexibility index (Phi) is 3.33. The highest BCUT2D eigenvalue weighted by atomic mass is 16.5. The second kappa shape index (κ2) is 4.99. The van der Waals surface area contributed by atoms with Crippen molar-refractivity contribution in [3.05, 3.63) is 35.9 Å². The zero-order chi connectivity index (χ0) is 13.3. The van der Waals surface area contributed by atoms with E-state index < -0.39 is 0 Å². The summed E-state index contributed by atoms with van der Waals surface area (Å²) in [5.74, 6) is 0. The lowest BCUT2D eigenvalue weighted by atomic mass is 9.90. The molecule has 1 fully saturated rings. The summed E-state index contributed by atoms with van der Waals surface area (Å²) in [6.07, 6.45) is 2.37. The van der Waals surface area contributed by atoms with E-state index in [9.17, 15) is 0 Å². The van der Waals surface area contributed by atoms with E-state index in [4.69, 9.17) is 4.74 Å². The van der Waals surface area contributed by atoms with Gasteiger partial charge in [0.25, 0.3) is 0 Å². The summed E-state index contributed by atoms with van der Waals surface area (Å²) >= 11 is 0. The molecule has 0 amide bonds. The van der Waals surface area contributed by atoms with E-state index in [2.05, 4.69) is 54.4 Å². The van der Waals surface area contributed by atoms with Gasteiger partial charge in [0.1, 0.15) is 0 Å². The van der Waals surface area contributed by atoms with Crippen LogP contribution in [0, 0.1) is 0 Å². The van der Waals surface area contributed by atoms with Gasteiger partial charge in [0.2, 0.25) is 0 Å². The normalized spacial score (nSPS) is 22.3. The number of rotatable bonds is 2. The smallest absolute Gasteiger partial charge is 0.0594 e. The van der Waals surface area contributed by atoms with E-state index in [1.807, 2.05) is 0 Å². The van der Waals surface area contributed by atoms with Gasteiger partial charge in [0, 0.05) is 30.9 Å². The molecular formula is C16H22N2O. The Hall–Kier alpha value is -1.32. The molecule has 0 aromatic heterocycles. The van der Waals surface area contributed by atoms with Crippen molar-refractivity contribution in [2.24, 2.45) is 0 Å². The molecule has 2 heterocycles. The van der Waals surface area contributed by atoms with Gasteiger partial charge in [-0.1, -0.05) is 24.3 Å². The van der Waals surface area contributed by atoms with Gasteiger partial charge in [-0.25, -0.2) is 0 Å². The van der Waals surface area contributed by atoms with E-state index in [0.717, 1.165) is 32.8 Å². The number of nitrogens with zero attached hydrogens (tertiary/aromatic N) is 1. The lowest BCUT2D eigenvalue weighted by Crippen LogP contribution is -2.39. The van der Waals surface area contributed by atoms with Crippen molar-refractivity contribution >= 4 is 11.3 Å². The van der Waals surface area contributed by atoms with Crippen molar-refractivity contribution in [1.29, 1.82) is 0 Å². The van der Waals surface area contributed by atoms with Gasteiger partial charge >= 0.3 is 0 Å². The maximum absolute atomic E-state index is 5.43. The number of hydrogen-bond acceptors (Lipinski definition) is 3. The summed E-state index contributed by atoms with van der Waals surface area (Å²) in [6, 6.07) is 8.60. The van der Waals surface area contributed by atoms with Crippen LogP contribution in [-0.4, -0.2) is 43.3 Å². The average molecular weight is 258 g/mol. The Bertz CT molecular complexity index is 487. The van der Waals surface area contributed by atoms with Crippen molar-refractivity contribution in [3.8, 4) is 0 Å². The first kappa shape index (κ1) is 12.7. The minimum Gasteiger partial charge on any atom is -0.379 e. The predicted molar refractivity (Wildman–Crippen MR) is 79.4 cm³/mol. The molecule has 0 unspecified atom stereocenters. The van der Waals surface area contributed by atoms with E-state index in [0.29, 0.717) is 0 Å². The third kappa shape index (κ3) is 2.82. The number of fused-ring (bicyclic) bond motifs is 1. The fourth-order valence-electron chi connectivity index (χ4n) is 2.90. The van der Waals surface area contributed by atoms with Gasteiger partial charge in [0.15, 0.2) is 0 Å². The topological polar surface area (TPSA) is 24.5 Å². The average Bonchev–Trinajstić information content (AvgIpc) is 2.38. The van der Waals surface area contributed by atoms with Crippen LogP contribution in [0.25, 0.3) is 5.57 Å². The summed E-state index contributed by atoms with van der Waals surface area (Å²) in [5, 5.41) is 3.58. The number of anilines is 1. The molecule has 1 saturated heterocycles. The first-order chi connectivity index (χ1) is 9.14. The van der Waals surface area contributed by atoms with Crippen LogP contribution in [0.3, 0.4) is 0 Å². The van der Waals surface area contributed by atoms with Gasteiger partial charge in [-0.05, 0) is 25.5 Å². The predicted octanol–water partition coefficient (Wildman–Crippen LogP) is 2.61. The van der Waals surface area contributed by atoms with E-state index >= 15 is 0 Å². The number of hydrogen-bond donors (Lipinski definition) is 1. The molecule has 3 heteroatoms. The number of morpholine rings is 1. The molecule has 102 valence electrons. The van der Waals surface area contributed by atoms with Crippen LogP contribution in [0.1, 0.15) is 19.4 Å².